The van der Waals surface area contributed by atoms with Crippen LogP contribution in [0.25, 0.3) is 11.3 Å². The Hall–Kier alpha value is -3.41. The summed E-state index contributed by atoms with van der Waals surface area (Å²) >= 11 is 0. The number of nitrogens with one attached hydrogen (secondary N) is 1. The lowest BCUT2D eigenvalue weighted by Gasteiger charge is -2.16. The number of aromatic nitrogens is 2. The first-order chi connectivity index (χ1) is 12.6. The quantitative estimate of drug-likeness (QED) is 0.768. The smallest absolute Gasteiger partial charge is 0.267 e. The maximum absolute atomic E-state index is 12.6. The van der Waals surface area contributed by atoms with Gasteiger partial charge in [0.25, 0.3) is 5.56 Å². The summed E-state index contributed by atoms with van der Waals surface area (Å²) in [6, 6.07) is 18.9. The van der Waals surface area contributed by atoms with Crippen LogP contribution < -0.4 is 15.6 Å². The molecule has 0 aliphatic heterocycles. The molecule has 6 nitrogen and oxygen atoms in total. The van der Waals surface area contributed by atoms with Gasteiger partial charge in [0.2, 0.25) is 5.91 Å². The number of hydrogen-bond acceptors (Lipinski definition) is 4. The molecule has 0 aliphatic carbocycles. The highest BCUT2D eigenvalue weighted by Crippen LogP contribution is 2.24. The first-order valence-electron chi connectivity index (χ1n) is 8.19. The Bertz CT molecular complexity index is 967. The van der Waals surface area contributed by atoms with Crippen LogP contribution in [0, 0.1) is 0 Å². The number of rotatable bonds is 5. The summed E-state index contributed by atoms with van der Waals surface area (Å²) in [5, 5.41) is 7.14. The van der Waals surface area contributed by atoms with Crippen LogP contribution in [0.5, 0.6) is 5.75 Å². The zero-order valence-electron chi connectivity index (χ0n) is 14.5. The molecule has 1 amide bonds. The monoisotopic (exact) mass is 349 g/mol. The minimum absolute atomic E-state index is 0.340. The van der Waals surface area contributed by atoms with E-state index >= 15 is 0 Å². The van der Waals surface area contributed by atoms with E-state index in [-0.39, 0.29) is 11.5 Å². The number of carbonyl (C=O) groups excluding carboxylic acids is 1. The second-order valence-electron chi connectivity index (χ2n) is 5.73. The molecule has 1 N–H and O–H groups in total. The zero-order valence-corrected chi connectivity index (χ0v) is 14.5. The zero-order chi connectivity index (χ0) is 18.5. The summed E-state index contributed by atoms with van der Waals surface area (Å²) in [5.41, 5.74) is 1.70. The van der Waals surface area contributed by atoms with Crippen molar-refractivity contribution in [1.29, 1.82) is 0 Å². The predicted molar refractivity (Wildman–Crippen MR) is 100 cm³/mol. The average molecular weight is 349 g/mol. The highest BCUT2D eigenvalue weighted by atomic mass is 16.5. The van der Waals surface area contributed by atoms with Gasteiger partial charge in [-0.1, -0.05) is 42.5 Å². The van der Waals surface area contributed by atoms with Gasteiger partial charge in [-0.05, 0) is 25.1 Å². The molecule has 6 heteroatoms. The first kappa shape index (κ1) is 17.4. The van der Waals surface area contributed by atoms with Crippen LogP contribution in [0.15, 0.2) is 71.5 Å². The van der Waals surface area contributed by atoms with Crippen molar-refractivity contribution >= 4 is 11.6 Å². The van der Waals surface area contributed by atoms with Gasteiger partial charge in [-0.15, -0.1) is 0 Å². The van der Waals surface area contributed by atoms with Crippen molar-refractivity contribution in [3.8, 4) is 17.0 Å². The fourth-order valence-electron chi connectivity index (χ4n) is 2.56. The number of hydrogen-bond donors (Lipinski definition) is 1. The molecule has 0 radical (unpaired) electrons. The SMILES string of the molecule is COc1ccccc1NC(=O)C(C)n1nc(-c2ccccc2)ccc1=O. The summed E-state index contributed by atoms with van der Waals surface area (Å²) in [6.45, 7) is 1.63. The van der Waals surface area contributed by atoms with E-state index in [2.05, 4.69) is 10.4 Å². The molecule has 3 aromatic rings. The van der Waals surface area contributed by atoms with Crippen LogP contribution in [0.3, 0.4) is 0 Å². The molecule has 3 rings (SSSR count). The van der Waals surface area contributed by atoms with Gasteiger partial charge in [-0.25, -0.2) is 4.68 Å². The van der Waals surface area contributed by atoms with Crippen LogP contribution in [-0.2, 0) is 4.79 Å². The normalized spacial score (nSPS) is 11.6. The van der Waals surface area contributed by atoms with Gasteiger partial charge in [0.1, 0.15) is 11.8 Å². The third-order valence-corrected chi connectivity index (χ3v) is 4.01. The standard InChI is InChI=1S/C20H19N3O3/c1-14(20(25)21-17-10-6-7-11-18(17)26-2)23-19(24)13-12-16(22-23)15-8-4-3-5-9-15/h3-14H,1-2H3,(H,21,25). The lowest BCUT2D eigenvalue weighted by atomic mass is 10.1. The van der Waals surface area contributed by atoms with Gasteiger partial charge in [0.15, 0.2) is 0 Å². The Morgan fingerprint density at radius 1 is 1.04 bits per heavy atom. The van der Waals surface area contributed by atoms with Crippen molar-refractivity contribution in [3.63, 3.8) is 0 Å². The predicted octanol–water partition coefficient (Wildman–Crippen LogP) is 3.12. The third-order valence-electron chi connectivity index (χ3n) is 4.01. The van der Waals surface area contributed by atoms with E-state index < -0.39 is 6.04 Å². The van der Waals surface area contributed by atoms with Gasteiger partial charge in [-0.2, -0.15) is 5.10 Å². The van der Waals surface area contributed by atoms with E-state index in [9.17, 15) is 9.59 Å². The maximum atomic E-state index is 12.6. The molecule has 0 bridgehead atoms. The Labute approximate surface area is 151 Å². The number of nitrogens with zero attached hydrogens (tertiary/aromatic N) is 2. The van der Waals surface area contributed by atoms with Crippen molar-refractivity contribution in [2.75, 3.05) is 12.4 Å². The topological polar surface area (TPSA) is 73.2 Å². The van der Waals surface area contributed by atoms with Crippen LogP contribution >= 0.6 is 0 Å². The van der Waals surface area contributed by atoms with Crippen molar-refractivity contribution < 1.29 is 9.53 Å². The fraction of sp³-hybridized carbons (Fsp3) is 0.150. The summed E-state index contributed by atoms with van der Waals surface area (Å²) in [5.74, 6) is 0.195. The summed E-state index contributed by atoms with van der Waals surface area (Å²) in [7, 11) is 1.53. The summed E-state index contributed by atoms with van der Waals surface area (Å²) in [6.07, 6.45) is 0. The largest absolute Gasteiger partial charge is 0.495 e. The molecule has 0 saturated carbocycles. The highest BCUT2D eigenvalue weighted by Gasteiger charge is 2.19. The van der Waals surface area contributed by atoms with Crippen LogP contribution in [0.1, 0.15) is 13.0 Å². The molecule has 2 aromatic carbocycles. The number of benzene rings is 2. The van der Waals surface area contributed by atoms with Crippen LogP contribution in [0.4, 0.5) is 5.69 Å². The van der Waals surface area contributed by atoms with Crippen molar-refractivity contribution in [2.24, 2.45) is 0 Å². The van der Waals surface area contributed by atoms with Gasteiger partial charge < -0.3 is 10.1 Å². The minimum atomic E-state index is -0.781. The lowest BCUT2D eigenvalue weighted by Crippen LogP contribution is -2.33. The van der Waals surface area contributed by atoms with Crippen molar-refractivity contribution in [1.82, 2.24) is 9.78 Å². The molecule has 1 heterocycles. The second-order valence-corrected chi connectivity index (χ2v) is 5.73. The molecule has 132 valence electrons. The van der Waals surface area contributed by atoms with Crippen LogP contribution in [-0.4, -0.2) is 22.8 Å². The Balaban J connectivity index is 1.88. The lowest BCUT2D eigenvalue weighted by molar-refractivity contribution is -0.119. The number of carbonyl (C=O) groups is 1. The molecule has 1 aromatic heterocycles. The second kappa shape index (κ2) is 7.65. The number of amides is 1. The summed E-state index contributed by atoms with van der Waals surface area (Å²) in [4.78, 5) is 24.8. The highest BCUT2D eigenvalue weighted by molar-refractivity contribution is 5.94. The molecule has 0 fully saturated rings. The van der Waals surface area contributed by atoms with Gasteiger partial charge >= 0.3 is 0 Å². The van der Waals surface area contributed by atoms with E-state index in [0.29, 0.717) is 17.1 Å². The van der Waals surface area contributed by atoms with Gasteiger partial charge in [0, 0.05) is 11.6 Å². The molecule has 0 saturated heterocycles. The minimum Gasteiger partial charge on any atom is -0.495 e. The number of anilines is 1. The number of ether oxygens (including phenoxy) is 1. The van der Waals surface area contributed by atoms with E-state index in [4.69, 9.17) is 4.74 Å². The average Bonchev–Trinajstić information content (AvgIpc) is 2.69. The van der Waals surface area contributed by atoms with Crippen molar-refractivity contribution in [3.05, 3.63) is 77.1 Å². The van der Waals surface area contributed by atoms with Gasteiger partial charge in [-0.3, -0.25) is 9.59 Å². The Kier molecular flexibility index (Phi) is 5.12. The molecule has 1 atom stereocenters. The number of para-hydroxylation sites is 2. The molecular weight excluding hydrogens is 330 g/mol. The van der Waals surface area contributed by atoms with E-state index in [0.717, 1.165) is 5.56 Å². The van der Waals surface area contributed by atoms with E-state index in [1.807, 2.05) is 36.4 Å². The molecule has 0 spiro atoms. The van der Waals surface area contributed by atoms with Crippen LogP contribution in [0.2, 0.25) is 0 Å². The maximum Gasteiger partial charge on any atom is 0.267 e. The Morgan fingerprint density at radius 2 is 1.73 bits per heavy atom. The molecule has 1 unspecified atom stereocenters. The number of methoxy groups -OCH3 is 1. The Morgan fingerprint density at radius 3 is 2.46 bits per heavy atom. The fourth-order valence-corrected chi connectivity index (χ4v) is 2.56. The molecule has 0 aliphatic rings. The molecular formula is C20H19N3O3. The summed E-state index contributed by atoms with van der Waals surface area (Å²) < 4.78 is 6.42. The first-order valence-corrected chi connectivity index (χ1v) is 8.19. The van der Waals surface area contributed by atoms with E-state index in [1.54, 1.807) is 31.2 Å². The van der Waals surface area contributed by atoms with Crippen molar-refractivity contribution in [2.45, 2.75) is 13.0 Å². The van der Waals surface area contributed by atoms with E-state index in [1.165, 1.54) is 17.9 Å². The van der Waals surface area contributed by atoms with Gasteiger partial charge in [0.05, 0.1) is 18.5 Å². The third kappa shape index (κ3) is 3.64. The molecule has 26 heavy (non-hydrogen) atoms.